The number of furan rings is 1. The first kappa shape index (κ1) is 17.1. The van der Waals surface area contributed by atoms with Gasteiger partial charge < -0.3 is 24.5 Å². The fraction of sp³-hybridized carbons (Fsp3) is 0.471. The molecule has 25 heavy (non-hydrogen) atoms. The van der Waals surface area contributed by atoms with Crippen LogP contribution in [-0.2, 0) is 11.8 Å². The Hall–Kier alpha value is -2.77. The van der Waals surface area contributed by atoms with Gasteiger partial charge in [-0.1, -0.05) is 0 Å². The zero-order chi connectivity index (χ0) is 17.8. The van der Waals surface area contributed by atoms with Gasteiger partial charge in [0.25, 0.3) is 5.91 Å². The molecule has 8 heteroatoms. The second-order valence-electron chi connectivity index (χ2n) is 6.28. The van der Waals surface area contributed by atoms with Crippen LogP contribution >= 0.6 is 0 Å². The fourth-order valence-corrected chi connectivity index (χ4v) is 2.95. The lowest BCUT2D eigenvalue weighted by atomic mass is 10.0. The maximum atomic E-state index is 12.3. The van der Waals surface area contributed by atoms with Crippen molar-refractivity contribution in [2.75, 3.05) is 18.0 Å². The number of carbonyl (C=O) groups is 2. The number of nitrogens with zero attached hydrogens (tertiary/aromatic N) is 3. The van der Waals surface area contributed by atoms with E-state index >= 15 is 0 Å². The van der Waals surface area contributed by atoms with Crippen LogP contribution in [0.3, 0.4) is 0 Å². The molecule has 1 atom stereocenters. The summed E-state index contributed by atoms with van der Waals surface area (Å²) in [7, 11) is 1.97. The Kier molecular flexibility index (Phi) is 5.06. The Labute approximate surface area is 146 Å². The Morgan fingerprint density at radius 2 is 2.12 bits per heavy atom. The molecule has 134 valence electrons. The lowest BCUT2D eigenvalue weighted by Crippen LogP contribution is -2.51. The third kappa shape index (κ3) is 4.01. The maximum Gasteiger partial charge on any atom is 0.287 e. The zero-order valence-electron chi connectivity index (χ0n) is 14.4. The summed E-state index contributed by atoms with van der Waals surface area (Å²) in [6.45, 7) is 3.34. The van der Waals surface area contributed by atoms with Gasteiger partial charge in [-0.15, -0.1) is 0 Å². The highest BCUT2D eigenvalue weighted by molar-refractivity contribution is 5.95. The van der Waals surface area contributed by atoms with Gasteiger partial charge in [0.2, 0.25) is 11.9 Å². The van der Waals surface area contributed by atoms with Gasteiger partial charge in [0.1, 0.15) is 6.04 Å². The molecule has 2 aromatic rings. The molecule has 1 fully saturated rings. The molecule has 1 aliphatic rings. The van der Waals surface area contributed by atoms with Crippen LogP contribution in [0.4, 0.5) is 5.95 Å². The number of hydrogen-bond acceptors (Lipinski definition) is 5. The molecule has 0 aliphatic carbocycles. The van der Waals surface area contributed by atoms with Crippen LogP contribution in [0.5, 0.6) is 0 Å². The van der Waals surface area contributed by atoms with Crippen molar-refractivity contribution in [2.45, 2.75) is 31.8 Å². The van der Waals surface area contributed by atoms with Crippen LogP contribution in [0.1, 0.15) is 30.3 Å². The summed E-state index contributed by atoms with van der Waals surface area (Å²) >= 11 is 0. The molecule has 1 aliphatic heterocycles. The van der Waals surface area contributed by atoms with Crippen molar-refractivity contribution in [2.24, 2.45) is 7.05 Å². The Morgan fingerprint density at radius 1 is 1.36 bits per heavy atom. The lowest BCUT2D eigenvalue weighted by molar-refractivity contribution is -0.123. The molecule has 3 heterocycles. The molecule has 0 aromatic carbocycles. The first-order valence-corrected chi connectivity index (χ1v) is 8.41. The van der Waals surface area contributed by atoms with Gasteiger partial charge in [-0.2, -0.15) is 0 Å². The van der Waals surface area contributed by atoms with Crippen LogP contribution in [0, 0.1) is 0 Å². The van der Waals surface area contributed by atoms with Crippen LogP contribution < -0.4 is 15.5 Å². The van der Waals surface area contributed by atoms with Gasteiger partial charge in [-0.05, 0) is 31.9 Å². The van der Waals surface area contributed by atoms with E-state index in [1.54, 1.807) is 25.3 Å². The van der Waals surface area contributed by atoms with E-state index in [1.807, 2.05) is 17.8 Å². The van der Waals surface area contributed by atoms with Crippen LogP contribution in [-0.4, -0.2) is 46.5 Å². The normalized spacial score (nSPS) is 16.5. The van der Waals surface area contributed by atoms with Crippen molar-refractivity contribution in [3.8, 4) is 0 Å². The number of rotatable bonds is 5. The molecule has 0 bridgehead atoms. The van der Waals surface area contributed by atoms with Gasteiger partial charge in [-0.25, -0.2) is 4.98 Å². The van der Waals surface area contributed by atoms with Gasteiger partial charge in [0, 0.05) is 38.6 Å². The number of imidazole rings is 1. The average molecular weight is 345 g/mol. The van der Waals surface area contributed by atoms with E-state index in [0.29, 0.717) is 0 Å². The minimum atomic E-state index is -0.620. The third-order valence-electron chi connectivity index (χ3n) is 4.41. The standard InChI is InChI=1S/C17H23N5O3/c1-12(19-16(24)14-4-3-11-25-14)15(23)20-13-5-8-22(9-6-13)17-18-7-10-21(17)2/h3-4,7,10-13H,5-6,8-9H2,1-2H3,(H,19,24)(H,20,23). The molecule has 2 amide bonds. The molecule has 2 aromatic heterocycles. The lowest BCUT2D eigenvalue weighted by Gasteiger charge is -2.33. The Balaban J connectivity index is 1.46. The van der Waals surface area contributed by atoms with E-state index < -0.39 is 11.9 Å². The van der Waals surface area contributed by atoms with E-state index in [2.05, 4.69) is 20.5 Å². The molecule has 0 radical (unpaired) electrons. The van der Waals surface area contributed by atoms with Gasteiger partial charge in [0.15, 0.2) is 5.76 Å². The maximum absolute atomic E-state index is 12.3. The number of piperidine rings is 1. The number of aryl methyl sites for hydroxylation is 1. The number of hydrogen-bond donors (Lipinski definition) is 2. The third-order valence-corrected chi connectivity index (χ3v) is 4.41. The quantitative estimate of drug-likeness (QED) is 0.841. The first-order valence-electron chi connectivity index (χ1n) is 8.41. The van der Waals surface area contributed by atoms with Crippen molar-refractivity contribution < 1.29 is 14.0 Å². The molecule has 1 unspecified atom stereocenters. The van der Waals surface area contributed by atoms with E-state index in [9.17, 15) is 9.59 Å². The smallest absolute Gasteiger partial charge is 0.287 e. The van der Waals surface area contributed by atoms with E-state index in [1.165, 1.54) is 6.26 Å². The van der Waals surface area contributed by atoms with Crippen molar-refractivity contribution in [3.63, 3.8) is 0 Å². The van der Waals surface area contributed by atoms with Crippen molar-refractivity contribution in [3.05, 3.63) is 36.5 Å². The van der Waals surface area contributed by atoms with Gasteiger partial charge in [0.05, 0.1) is 6.26 Å². The molecule has 0 saturated carbocycles. The van der Waals surface area contributed by atoms with E-state index in [-0.39, 0.29) is 17.7 Å². The number of aromatic nitrogens is 2. The van der Waals surface area contributed by atoms with Gasteiger partial charge >= 0.3 is 0 Å². The highest BCUT2D eigenvalue weighted by atomic mass is 16.3. The van der Waals surface area contributed by atoms with Crippen LogP contribution in [0.15, 0.2) is 35.2 Å². The molecule has 1 saturated heterocycles. The SMILES string of the molecule is CC(NC(=O)c1ccco1)C(=O)NC1CCN(c2nccn2C)CC1. The number of carbonyl (C=O) groups excluding carboxylic acids is 2. The average Bonchev–Trinajstić information content (AvgIpc) is 3.27. The summed E-state index contributed by atoms with van der Waals surface area (Å²) in [6.07, 6.45) is 6.82. The fourth-order valence-electron chi connectivity index (χ4n) is 2.95. The van der Waals surface area contributed by atoms with E-state index in [4.69, 9.17) is 4.42 Å². The number of anilines is 1. The monoisotopic (exact) mass is 345 g/mol. The Morgan fingerprint density at radius 3 is 2.72 bits per heavy atom. The summed E-state index contributed by atoms with van der Waals surface area (Å²) in [4.78, 5) is 30.8. The zero-order valence-corrected chi connectivity index (χ0v) is 14.4. The highest BCUT2D eigenvalue weighted by Gasteiger charge is 2.25. The summed E-state index contributed by atoms with van der Waals surface area (Å²) in [5.41, 5.74) is 0. The molecule has 3 rings (SSSR count). The van der Waals surface area contributed by atoms with Crippen molar-refractivity contribution in [1.29, 1.82) is 0 Å². The summed E-state index contributed by atoms with van der Waals surface area (Å²) < 4.78 is 7.02. The van der Waals surface area contributed by atoms with Crippen LogP contribution in [0.25, 0.3) is 0 Å². The summed E-state index contributed by atoms with van der Waals surface area (Å²) in [6, 6.07) is 2.68. The number of nitrogens with one attached hydrogen (secondary N) is 2. The van der Waals surface area contributed by atoms with Crippen molar-refractivity contribution in [1.82, 2.24) is 20.2 Å². The summed E-state index contributed by atoms with van der Waals surface area (Å²) in [5.74, 6) is 0.569. The van der Waals surface area contributed by atoms with E-state index in [0.717, 1.165) is 31.9 Å². The van der Waals surface area contributed by atoms with Crippen LogP contribution in [0.2, 0.25) is 0 Å². The highest BCUT2D eigenvalue weighted by Crippen LogP contribution is 2.17. The van der Waals surface area contributed by atoms with Crippen molar-refractivity contribution >= 4 is 17.8 Å². The predicted octanol–water partition coefficient (Wildman–Crippen LogP) is 0.917. The largest absolute Gasteiger partial charge is 0.459 e. The second-order valence-corrected chi connectivity index (χ2v) is 6.28. The number of amides is 2. The topological polar surface area (TPSA) is 92.4 Å². The minimum Gasteiger partial charge on any atom is -0.459 e. The molecular weight excluding hydrogens is 322 g/mol. The molecule has 2 N–H and O–H groups in total. The molecule has 8 nitrogen and oxygen atoms in total. The second kappa shape index (κ2) is 7.42. The molecule has 0 spiro atoms. The minimum absolute atomic E-state index is 0.104. The van der Waals surface area contributed by atoms with Gasteiger partial charge in [-0.3, -0.25) is 9.59 Å². The first-order chi connectivity index (χ1) is 12.0. The predicted molar refractivity (Wildman–Crippen MR) is 92.2 cm³/mol. The molecular formula is C17H23N5O3. The summed E-state index contributed by atoms with van der Waals surface area (Å²) in [5, 5.41) is 5.65. The Bertz CT molecular complexity index is 716.